The number of aliphatic hydroxyl groups is 1. The summed E-state index contributed by atoms with van der Waals surface area (Å²) in [5, 5.41) is 12.8. The van der Waals surface area contributed by atoms with Gasteiger partial charge in [-0.3, -0.25) is 0 Å². The fraction of sp³-hybridized carbons (Fsp3) is 0.846. The molecular weight excluding hydrogens is 186 g/mol. The van der Waals surface area contributed by atoms with Crippen molar-refractivity contribution in [2.24, 2.45) is 11.8 Å². The standard InChI is InChI=1S/C13H23NO/c1-10-4-2-3-5-13(10)14-12-7-6-11(8-12)9-15/h6-7,10-15H,2-5,8-9H2,1H3/t10?,11-,12+,13?/m0/s1. The zero-order chi connectivity index (χ0) is 10.7. The average molecular weight is 209 g/mol. The van der Waals surface area contributed by atoms with E-state index in [0.29, 0.717) is 24.6 Å². The minimum Gasteiger partial charge on any atom is -0.396 e. The molecule has 0 saturated heterocycles. The average Bonchev–Trinajstić information content (AvgIpc) is 2.69. The molecule has 2 nitrogen and oxygen atoms in total. The van der Waals surface area contributed by atoms with Crippen molar-refractivity contribution in [1.29, 1.82) is 0 Å². The van der Waals surface area contributed by atoms with Gasteiger partial charge in [-0.2, -0.15) is 0 Å². The van der Waals surface area contributed by atoms with Crippen LogP contribution in [0, 0.1) is 11.8 Å². The Kier molecular flexibility index (Phi) is 3.81. The lowest BCUT2D eigenvalue weighted by Crippen LogP contribution is -2.42. The maximum absolute atomic E-state index is 9.06. The molecule has 0 aromatic heterocycles. The maximum Gasteiger partial charge on any atom is 0.0494 e. The molecule has 0 aromatic carbocycles. The fourth-order valence-corrected chi connectivity index (χ4v) is 2.87. The van der Waals surface area contributed by atoms with Gasteiger partial charge in [0.1, 0.15) is 0 Å². The quantitative estimate of drug-likeness (QED) is 0.698. The molecule has 2 N–H and O–H groups in total. The Balaban J connectivity index is 1.79. The van der Waals surface area contributed by atoms with Crippen molar-refractivity contribution < 1.29 is 5.11 Å². The van der Waals surface area contributed by atoms with Crippen LogP contribution in [0.1, 0.15) is 39.0 Å². The van der Waals surface area contributed by atoms with Crippen LogP contribution < -0.4 is 5.32 Å². The van der Waals surface area contributed by atoms with Crippen molar-refractivity contribution in [2.45, 2.75) is 51.1 Å². The molecule has 0 bridgehead atoms. The minimum absolute atomic E-state index is 0.300. The summed E-state index contributed by atoms with van der Waals surface area (Å²) in [6.45, 7) is 2.66. The first-order chi connectivity index (χ1) is 7.29. The van der Waals surface area contributed by atoms with E-state index in [1.165, 1.54) is 25.7 Å². The SMILES string of the molecule is CC1CCCCC1N[C@@H]1C=C[C@H](CO)C1. The van der Waals surface area contributed by atoms with Crippen molar-refractivity contribution in [3.8, 4) is 0 Å². The molecule has 2 aliphatic carbocycles. The first-order valence-corrected chi connectivity index (χ1v) is 6.35. The summed E-state index contributed by atoms with van der Waals surface area (Å²) >= 11 is 0. The smallest absolute Gasteiger partial charge is 0.0494 e. The fourth-order valence-electron chi connectivity index (χ4n) is 2.87. The van der Waals surface area contributed by atoms with Gasteiger partial charge in [0.25, 0.3) is 0 Å². The van der Waals surface area contributed by atoms with E-state index in [0.717, 1.165) is 12.3 Å². The van der Waals surface area contributed by atoms with Crippen LogP contribution in [0.3, 0.4) is 0 Å². The third kappa shape index (κ3) is 2.82. The summed E-state index contributed by atoms with van der Waals surface area (Å²) in [4.78, 5) is 0. The summed E-state index contributed by atoms with van der Waals surface area (Å²) < 4.78 is 0. The van der Waals surface area contributed by atoms with Crippen LogP contribution in [0.2, 0.25) is 0 Å². The van der Waals surface area contributed by atoms with Crippen LogP contribution in [0.25, 0.3) is 0 Å². The topological polar surface area (TPSA) is 32.3 Å². The van der Waals surface area contributed by atoms with Gasteiger partial charge in [-0.25, -0.2) is 0 Å². The predicted octanol–water partition coefficient (Wildman–Crippen LogP) is 2.09. The molecule has 0 radical (unpaired) electrons. The summed E-state index contributed by atoms with van der Waals surface area (Å²) in [5.74, 6) is 1.21. The number of hydrogen-bond donors (Lipinski definition) is 2. The normalized spacial score (nSPS) is 40.9. The van der Waals surface area contributed by atoms with Crippen molar-refractivity contribution in [1.82, 2.24) is 5.32 Å². The van der Waals surface area contributed by atoms with Gasteiger partial charge >= 0.3 is 0 Å². The Bertz CT molecular complexity index is 227. The second-order valence-electron chi connectivity index (χ2n) is 5.20. The molecule has 1 saturated carbocycles. The Morgan fingerprint density at radius 3 is 2.73 bits per heavy atom. The molecule has 2 heteroatoms. The molecule has 0 aromatic rings. The zero-order valence-corrected chi connectivity index (χ0v) is 9.65. The number of hydrogen-bond acceptors (Lipinski definition) is 2. The van der Waals surface area contributed by atoms with E-state index in [-0.39, 0.29) is 0 Å². The van der Waals surface area contributed by atoms with Gasteiger partial charge in [0.05, 0.1) is 0 Å². The predicted molar refractivity (Wildman–Crippen MR) is 62.7 cm³/mol. The Morgan fingerprint density at radius 2 is 2.07 bits per heavy atom. The van der Waals surface area contributed by atoms with Crippen molar-refractivity contribution in [3.63, 3.8) is 0 Å². The zero-order valence-electron chi connectivity index (χ0n) is 9.65. The molecule has 2 unspecified atom stereocenters. The molecule has 0 heterocycles. The highest BCUT2D eigenvalue weighted by molar-refractivity contribution is 5.06. The molecule has 2 rings (SSSR count). The second kappa shape index (κ2) is 5.13. The molecule has 2 aliphatic rings. The van der Waals surface area contributed by atoms with Gasteiger partial charge in [0, 0.05) is 24.6 Å². The van der Waals surface area contributed by atoms with E-state index >= 15 is 0 Å². The van der Waals surface area contributed by atoms with E-state index in [4.69, 9.17) is 5.11 Å². The molecule has 4 atom stereocenters. The number of rotatable bonds is 3. The monoisotopic (exact) mass is 209 g/mol. The van der Waals surface area contributed by atoms with Gasteiger partial charge in [0.15, 0.2) is 0 Å². The van der Waals surface area contributed by atoms with Crippen LogP contribution in [0.5, 0.6) is 0 Å². The Labute approximate surface area is 92.8 Å². The molecule has 86 valence electrons. The van der Waals surface area contributed by atoms with Crippen LogP contribution in [-0.4, -0.2) is 23.8 Å². The second-order valence-corrected chi connectivity index (χ2v) is 5.20. The lowest BCUT2D eigenvalue weighted by atomic mass is 9.85. The first-order valence-electron chi connectivity index (χ1n) is 6.35. The van der Waals surface area contributed by atoms with Crippen LogP contribution >= 0.6 is 0 Å². The van der Waals surface area contributed by atoms with E-state index in [1.54, 1.807) is 0 Å². The molecule has 0 spiro atoms. The molecule has 1 fully saturated rings. The lowest BCUT2D eigenvalue weighted by molar-refractivity contribution is 0.231. The van der Waals surface area contributed by atoms with Crippen LogP contribution in [0.15, 0.2) is 12.2 Å². The Morgan fingerprint density at radius 1 is 1.27 bits per heavy atom. The van der Waals surface area contributed by atoms with Gasteiger partial charge in [-0.1, -0.05) is 31.9 Å². The third-order valence-electron chi connectivity index (χ3n) is 3.95. The molecule has 0 aliphatic heterocycles. The third-order valence-corrected chi connectivity index (χ3v) is 3.95. The first kappa shape index (κ1) is 11.2. The van der Waals surface area contributed by atoms with E-state index in [9.17, 15) is 0 Å². The summed E-state index contributed by atoms with van der Waals surface area (Å²) in [7, 11) is 0. The lowest BCUT2D eigenvalue weighted by Gasteiger charge is -2.32. The van der Waals surface area contributed by atoms with Gasteiger partial charge in [-0.15, -0.1) is 0 Å². The van der Waals surface area contributed by atoms with Gasteiger partial charge < -0.3 is 10.4 Å². The van der Waals surface area contributed by atoms with Crippen LogP contribution in [-0.2, 0) is 0 Å². The highest BCUT2D eigenvalue weighted by Gasteiger charge is 2.25. The maximum atomic E-state index is 9.06. The molecule has 0 amide bonds. The van der Waals surface area contributed by atoms with Crippen molar-refractivity contribution in [2.75, 3.05) is 6.61 Å². The van der Waals surface area contributed by atoms with Crippen molar-refractivity contribution >= 4 is 0 Å². The summed E-state index contributed by atoms with van der Waals surface area (Å²) in [6, 6.07) is 1.21. The van der Waals surface area contributed by atoms with E-state index in [1.807, 2.05) is 0 Å². The number of nitrogens with one attached hydrogen (secondary N) is 1. The van der Waals surface area contributed by atoms with E-state index in [2.05, 4.69) is 24.4 Å². The number of aliphatic hydroxyl groups excluding tert-OH is 1. The highest BCUT2D eigenvalue weighted by atomic mass is 16.3. The highest BCUT2D eigenvalue weighted by Crippen LogP contribution is 2.26. The molecular formula is C13H23NO. The Hall–Kier alpha value is -0.340. The van der Waals surface area contributed by atoms with Gasteiger partial charge in [-0.05, 0) is 25.2 Å². The molecule has 15 heavy (non-hydrogen) atoms. The summed E-state index contributed by atoms with van der Waals surface area (Å²) in [5.41, 5.74) is 0. The van der Waals surface area contributed by atoms with Crippen LogP contribution in [0.4, 0.5) is 0 Å². The van der Waals surface area contributed by atoms with Crippen molar-refractivity contribution in [3.05, 3.63) is 12.2 Å². The largest absolute Gasteiger partial charge is 0.396 e. The minimum atomic E-state index is 0.300. The van der Waals surface area contributed by atoms with Gasteiger partial charge in [0.2, 0.25) is 0 Å². The summed E-state index contributed by atoms with van der Waals surface area (Å²) in [6.07, 6.45) is 11.0. The van der Waals surface area contributed by atoms with E-state index < -0.39 is 0 Å².